The Bertz CT molecular complexity index is 566. The van der Waals surface area contributed by atoms with Crippen LogP contribution in [0.1, 0.15) is 18.1 Å². The van der Waals surface area contributed by atoms with E-state index in [1.54, 1.807) is 7.11 Å². The van der Waals surface area contributed by atoms with Crippen molar-refractivity contribution in [1.29, 1.82) is 0 Å². The molecule has 2 rings (SSSR count). The van der Waals surface area contributed by atoms with Crippen LogP contribution in [0.15, 0.2) is 54.6 Å². The number of benzene rings is 2. The molecular formula is C18H23NO2. The molecule has 112 valence electrons. The summed E-state index contributed by atoms with van der Waals surface area (Å²) >= 11 is 0. The number of aliphatic hydroxyl groups is 1. The van der Waals surface area contributed by atoms with Crippen LogP contribution in [0.5, 0.6) is 5.75 Å². The van der Waals surface area contributed by atoms with Gasteiger partial charge in [0.1, 0.15) is 5.75 Å². The van der Waals surface area contributed by atoms with Crippen LogP contribution in [-0.4, -0.2) is 30.7 Å². The zero-order chi connectivity index (χ0) is 15.3. The van der Waals surface area contributed by atoms with Crippen molar-refractivity contribution < 1.29 is 9.84 Å². The second-order valence-corrected chi connectivity index (χ2v) is 5.62. The van der Waals surface area contributed by atoms with E-state index < -0.39 is 5.60 Å². The molecule has 2 aromatic rings. The van der Waals surface area contributed by atoms with Crippen LogP contribution in [0.2, 0.25) is 0 Å². The minimum absolute atomic E-state index is 0.551. The Morgan fingerprint density at radius 2 is 1.67 bits per heavy atom. The summed E-state index contributed by atoms with van der Waals surface area (Å²) in [5.41, 5.74) is 1.17. The van der Waals surface area contributed by atoms with Crippen molar-refractivity contribution in [2.24, 2.45) is 0 Å². The summed E-state index contributed by atoms with van der Waals surface area (Å²) in [6.45, 7) is 3.13. The normalized spacial score (nSPS) is 14.0. The molecule has 1 atom stereocenters. The lowest BCUT2D eigenvalue weighted by Gasteiger charge is -2.30. The molecule has 0 amide bonds. The van der Waals surface area contributed by atoms with Gasteiger partial charge in [-0.1, -0.05) is 48.5 Å². The van der Waals surface area contributed by atoms with E-state index in [9.17, 15) is 5.11 Å². The third-order valence-corrected chi connectivity index (χ3v) is 3.61. The number of nitrogens with zero attached hydrogens (tertiary/aromatic N) is 1. The predicted molar refractivity (Wildman–Crippen MR) is 85.3 cm³/mol. The summed E-state index contributed by atoms with van der Waals surface area (Å²) in [5, 5.41) is 10.7. The highest BCUT2D eigenvalue weighted by atomic mass is 16.5. The number of hydrogen-bond donors (Lipinski definition) is 1. The smallest absolute Gasteiger partial charge is 0.123 e. The van der Waals surface area contributed by atoms with Crippen LogP contribution in [0, 0.1) is 0 Å². The standard InChI is InChI=1S/C18H23NO2/c1-18(20,16-10-5-4-6-11-16)14-19(2)13-15-9-7-8-12-17(15)21-3/h4-12,20H,13-14H2,1-3H3. The fourth-order valence-electron chi connectivity index (χ4n) is 2.59. The van der Waals surface area contributed by atoms with E-state index >= 15 is 0 Å². The number of hydrogen-bond acceptors (Lipinski definition) is 3. The van der Waals surface area contributed by atoms with Gasteiger partial charge in [-0.05, 0) is 25.6 Å². The molecule has 1 unspecified atom stereocenters. The first kappa shape index (κ1) is 15.5. The molecule has 2 aromatic carbocycles. The van der Waals surface area contributed by atoms with Gasteiger partial charge in [0.25, 0.3) is 0 Å². The summed E-state index contributed by atoms with van der Waals surface area (Å²) < 4.78 is 5.37. The molecule has 0 aliphatic carbocycles. The molecule has 0 aromatic heterocycles. The van der Waals surface area contributed by atoms with E-state index in [1.165, 1.54) is 0 Å². The van der Waals surface area contributed by atoms with Crippen molar-refractivity contribution >= 4 is 0 Å². The van der Waals surface area contributed by atoms with Crippen molar-refractivity contribution in [1.82, 2.24) is 4.90 Å². The fourth-order valence-corrected chi connectivity index (χ4v) is 2.59. The maximum atomic E-state index is 10.7. The summed E-state index contributed by atoms with van der Waals surface area (Å²) in [6, 6.07) is 17.7. The van der Waals surface area contributed by atoms with Crippen LogP contribution in [0.4, 0.5) is 0 Å². The second kappa shape index (κ2) is 6.74. The van der Waals surface area contributed by atoms with Crippen LogP contribution >= 0.6 is 0 Å². The van der Waals surface area contributed by atoms with Gasteiger partial charge in [-0.3, -0.25) is 4.90 Å². The number of para-hydroxylation sites is 1. The molecule has 21 heavy (non-hydrogen) atoms. The maximum Gasteiger partial charge on any atom is 0.123 e. The van der Waals surface area contributed by atoms with Gasteiger partial charge < -0.3 is 9.84 Å². The van der Waals surface area contributed by atoms with Crippen LogP contribution in [0.25, 0.3) is 0 Å². The lowest BCUT2D eigenvalue weighted by molar-refractivity contribution is 0.0212. The molecule has 0 saturated heterocycles. The monoisotopic (exact) mass is 285 g/mol. The van der Waals surface area contributed by atoms with Crippen molar-refractivity contribution in [3.05, 3.63) is 65.7 Å². The molecule has 0 heterocycles. The van der Waals surface area contributed by atoms with E-state index in [0.717, 1.165) is 23.4 Å². The molecule has 0 saturated carbocycles. The Labute approximate surface area is 126 Å². The molecule has 0 aliphatic heterocycles. The lowest BCUT2D eigenvalue weighted by atomic mass is 9.95. The summed E-state index contributed by atoms with van der Waals surface area (Å²) in [7, 11) is 3.68. The van der Waals surface area contributed by atoms with Gasteiger partial charge in [0, 0.05) is 18.7 Å². The SMILES string of the molecule is COc1ccccc1CN(C)CC(C)(O)c1ccccc1. The zero-order valence-electron chi connectivity index (χ0n) is 12.9. The van der Waals surface area contributed by atoms with Crippen molar-refractivity contribution in [3.8, 4) is 5.75 Å². The van der Waals surface area contributed by atoms with E-state index in [1.807, 2.05) is 68.6 Å². The van der Waals surface area contributed by atoms with Crippen molar-refractivity contribution in [3.63, 3.8) is 0 Å². The molecule has 0 bridgehead atoms. The first-order chi connectivity index (χ1) is 10.0. The summed E-state index contributed by atoms with van der Waals surface area (Å²) in [4.78, 5) is 2.10. The fraction of sp³-hybridized carbons (Fsp3) is 0.333. The van der Waals surface area contributed by atoms with Gasteiger partial charge in [0.15, 0.2) is 0 Å². The first-order valence-corrected chi connectivity index (χ1v) is 7.11. The van der Waals surface area contributed by atoms with Gasteiger partial charge in [0.2, 0.25) is 0 Å². The van der Waals surface area contributed by atoms with Crippen LogP contribution < -0.4 is 4.74 Å². The average molecular weight is 285 g/mol. The molecule has 0 fully saturated rings. The van der Waals surface area contributed by atoms with Gasteiger partial charge in [-0.15, -0.1) is 0 Å². The van der Waals surface area contributed by atoms with Gasteiger partial charge >= 0.3 is 0 Å². The van der Waals surface area contributed by atoms with Gasteiger partial charge in [0.05, 0.1) is 12.7 Å². The molecule has 3 heteroatoms. The lowest BCUT2D eigenvalue weighted by Crippen LogP contribution is -2.36. The van der Waals surface area contributed by atoms with E-state index in [2.05, 4.69) is 4.90 Å². The third-order valence-electron chi connectivity index (χ3n) is 3.61. The Morgan fingerprint density at radius 1 is 1.05 bits per heavy atom. The Hall–Kier alpha value is -1.84. The van der Waals surface area contributed by atoms with Crippen LogP contribution in [0.3, 0.4) is 0 Å². The largest absolute Gasteiger partial charge is 0.496 e. The predicted octanol–water partition coefficient (Wildman–Crippen LogP) is 3.03. The minimum Gasteiger partial charge on any atom is -0.496 e. The highest BCUT2D eigenvalue weighted by molar-refractivity contribution is 5.33. The van der Waals surface area contributed by atoms with Gasteiger partial charge in [-0.25, -0.2) is 0 Å². The molecular weight excluding hydrogens is 262 g/mol. The number of likely N-dealkylation sites (N-methyl/N-ethyl adjacent to an activating group) is 1. The Balaban J connectivity index is 2.06. The number of ether oxygens (including phenoxy) is 1. The zero-order valence-corrected chi connectivity index (χ0v) is 12.9. The topological polar surface area (TPSA) is 32.7 Å². The third kappa shape index (κ3) is 4.06. The number of methoxy groups -OCH3 is 1. The van der Waals surface area contributed by atoms with Crippen molar-refractivity contribution in [2.45, 2.75) is 19.1 Å². The maximum absolute atomic E-state index is 10.7. The molecule has 1 N–H and O–H groups in total. The minimum atomic E-state index is -0.877. The second-order valence-electron chi connectivity index (χ2n) is 5.62. The number of rotatable bonds is 6. The molecule has 3 nitrogen and oxygen atoms in total. The highest BCUT2D eigenvalue weighted by Gasteiger charge is 2.24. The highest BCUT2D eigenvalue weighted by Crippen LogP contribution is 2.24. The van der Waals surface area contributed by atoms with Crippen molar-refractivity contribution in [2.75, 3.05) is 20.7 Å². The van der Waals surface area contributed by atoms with E-state index in [4.69, 9.17) is 4.74 Å². The van der Waals surface area contributed by atoms with E-state index in [-0.39, 0.29) is 0 Å². The quantitative estimate of drug-likeness (QED) is 0.885. The first-order valence-electron chi connectivity index (χ1n) is 7.11. The Morgan fingerprint density at radius 3 is 2.33 bits per heavy atom. The summed E-state index contributed by atoms with van der Waals surface area (Å²) in [6.07, 6.45) is 0. The Kier molecular flexibility index (Phi) is 4.99. The van der Waals surface area contributed by atoms with Crippen LogP contribution in [-0.2, 0) is 12.1 Å². The molecule has 0 spiro atoms. The summed E-state index contributed by atoms with van der Waals surface area (Å²) in [5.74, 6) is 0.878. The van der Waals surface area contributed by atoms with E-state index in [0.29, 0.717) is 6.54 Å². The average Bonchev–Trinajstić information content (AvgIpc) is 2.48. The van der Waals surface area contributed by atoms with Gasteiger partial charge in [-0.2, -0.15) is 0 Å². The molecule has 0 radical (unpaired) electrons. The molecule has 0 aliphatic rings.